The molecule has 0 saturated heterocycles. The van der Waals surface area contributed by atoms with E-state index in [1.807, 2.05) is 6.07 Å². The predicted octanol–water partition coefficient (Wildman–Crippen LogP) is 4.43. The highest BCUT2D eigenvalue weighted by molar-refractivity contribution is 6.42. The summed E-state index contributed by atoms with van der Waals surface area (Å²) in [7, 11) is 0. The molecule has 0 amide bonds. The molecule has 2 heterocycles. The molecule has 0 bridgehead atoms. The van der Waals surface area contributed by atoms with Gasteiger partial charge in [-0.05, 0) is 30.5 Å². The number of anilines is 1. The third-order valence-electron chi connectivity index (χ3n) is 4.34. The zero-order valence-corrected chi connectivity index (χ0v) is 14.6. The first-order valence-electron chi connectivity index (χ1n) is 7.61. The van der Waals surface area contributed by atoms with Crippen molar-refractivity contribution in [1.29, 1.82) is 0 Å². The van der Waals surface area contributed by atoms with Crippen LogP contribution in [0.1, 0.15) is 36.4 Å². The number of nitrogens with zero attached hydrogens (tertiary/aromatic N) is 4. The van der Waals surface area contributed by atoms with Crippen LogP contribution in [0.5, 0.6) is 0 Å². The Morgan fingerprint density at radius 2 is 1.92 bits per heavy atom. The van der Waals surface area contributed by atoms with Gasteiger partial charge in [-0.1, -0.05) is 29.3 Å². The maximum Gasteiger partial charge on any atom is 0.314 e. The van der Waals surface area contributed by atoms with Crippen LogP contribution in [-0.2, 0) is 5.41 Å². The summed E-state index contributed by atoms with van der Waals surface area (Å²) in [6.45, 7) is 0. The third-order valence-corrected chi connectivity index (χ3v) is 5.08. The highest BCUT2D eigenvalue weighted by atomic mass is 35.5. The number of hydrogen-bond donors (Lipinski definition) is 1. The average Bonchev–Trinajstić information content (AvgIpc) is 3.26. The fourth-order valence-corrected chi connectivity index (χ4v) is 3.23. The predicted molar refractivity (Wildman–Crippen MR) is 91.2 cm³/mol. The Balaban J connectivity index is 1.85. The van der Waals surface area contributed by atoms with E-state index in [1.165, 1.54) is 6.20 Å². The molecule has 26 heavy (non-hydrogen) atoms. The van der Waals surface area contributed by atoms with Crippen molar-refractivity contribution in [2.24, 2.45) is 0 Å². The van der Waals surface area contributed by atoms with Crippen LogP contribution in [0.15, 0.2) is 28.8 Å². The van der Waals surface area contributed by atoms with E-state index in [4.69, 9.17) is 33.4 Å². The normalized spacial score (nSPS) is 15.4. The van der Waals surface area contributed by atoms with Gasteiger partial charge in [-0.25, -0.2) is 9.97 Å². The smallest absolute Gasteiger partial charge is 0.314 e. The summed E-state index contributed by atoms with van der Waals surface area (Å²) in [5.41, 5.74) is 7.06. The molecular formula is C16H11Cl2F2N5O. The molecule has 10 heteroatoms. The van der Waals surface area contributed by atoms with Crippen LogP contribution in [0.2, 0.25) is 10.0 Å². The van der Waals surface area contributed by atoms with Gasteiger partial charge in [-0.2, -0.15) is 8.78 Å². The molecule has 3 aromatic rings. The molecule has 0 aliphatic heterocycles. The highest BCUT2D eigenvalue weighted by Crippen LogP contribution is 2.55. The number of benzene rings is 1. The number of hydrogen-bond acceptors (Lipinski definition) is 6. The lowest BCUT2D eigenvalue weighted by molar-refractivity contribution is 0.116. The molecule has 134 valence electrons. The second-order valence-corrected chi connectivity index (χ2v) is 6.76. The molecule has 1 aliphatic carbocycles. The number of alkyl halides is 2. The van der Waals surface area contributed by atoms with E-state index in [1.54, 1.807) is 12.1 Å². The summed E-state index contributed by atoms with van der Waals surface area (Å²) in [5, 5.41) is 7.92. The number of nitrogen functional groups attached to an aromatic ring is 1. The lowest BCUT2D eigenvalue weighted by Gasteiger charge is -2.18. The Kier molecular flexibility index (Phi) is 4.04. The van der Waals surface area contributed by atoms with Gasteiger partial charge in [0.2, 0.25) is 5.95 Å². The van der Waals surface area contributed by atoms with Crippen LogP contribution in [0.3, 0.4) is 0 Å². The van der Waals surface area contributed by atoms with Gasteiger partial charge in [0.05, 0.1) is 21.3 Å². The second-order valence-electron chi connectivity index (χ2n) is 5.95. The first-order valence-corrected chi connectivity index (χ1v) is 8.37. The van der Waals surface area contributed by atoms with E-state index in [-0.39, 0.29) is 11.8 Å². The van der Waals surface area contributed by atoms with Crippen LogP contribution in [0, 0.1) is 0 Å². The van der Waals surface area contributed by atoms with E-state index >= 15 is 0 Å². The minimum absolute atomic E-state index is 0.0590. The standard InChI is InChI=1S/C16H11Cl2F2N5O/c17-9-2-1-7(5-10(9)18)16(3-4-16)11-8(6-22-15(21)23-11)13-24-25-14(26-13)12(19)20/h1-2,5-6,12H,3-4H2,(H2,21,22,23). The zero-order valence-electron chi connectivity index (χ0n) is 13.1. The van der Waals surface area contributed by atoms with Crippen LogP contribution in [0.25, 0.3) is 11.5 Å². The minimum atomic E-state index is -2.86. The van der Waals surface area contributed by atoms with Crippen molar-refractivity contribution in [3.8, 4) is 11.5 Å². The summed E-state index contributed by atoms with van der Waals surface area (Å²) >= 11 is 12.1. The molecule has 1 aliphatic rings. The molecule has 2 N–H and O–H groups in total. The molecule has 0 spiro atoms. The lowest BCUT2D eigenvalue weighted by Crippen LogP contribution is -2.15. The van der Waals surface area contributed by atoms with Crippen LogP contribution < -0.4 is 5.73 Å². The Morgan fingerprint density at radius 3 is 2.54 bits per heavy atom. The van der Waals surface area contributed by atoms with Gasteiger partial charge in [-0.15, -0.1) is 10.2 Å². The SMILES string of the molecule is Nc1ncc(-c2nnc(C(F)F)o2)c(C2(c3ccc(Cl)c(Cl)c3)CC2)n1. The summed E-state index contributed by atoms with van der Waals surface area (Å²) in [6, 6.07) is 5.31. The summed E-state index contributed by atoms with van der Waals surface area (Å²) in [6.07, 6.45) is 0.0753. The Bertz CT molecular complexity index is 991. The van der Waals surface area contributed by atoms with E-state index in [9.17, 15) is 8.78 Å². The van der Waals surface area contributed by atoms with Gasteiger partial charge in [-0.3, -0.25) is 0 Å². The molecule has 6 nitrogen and oxygen atoms in total. The van der Waals surface area contributed by atoms with E-state index < -0.39 is 17.7 Å². The minimum Gasteiger partial charge on any atom is -0.415 e. The van der Waals surface area contributed by atoms with Crippen molar-refractivity contribution >= 4 is 29.2 Å². The second kappa shape index (κ2) is 6.14. The molecule has 2 aromatic heterocycles. The summed E-state index contributed by atoms with van der Waals surface area (Å²) < 4.78 is 30.6. The molecular weight excluding hydrogens is 387 g/mol. The molecule has 0 radical (unpaired) electrons. The number of nitrogens with two attached hydrogens (primary N) is 1. The molecule has 1 fully saturated rings. The maximum atomic E-state index is 12.8. The molecule has 0 atom stereocenters. The Labute approximate surface area is 156 Å². The highest BCUT2D eigenvalue weighted by Gasteiger charge is 2.49. The summed E-state index contributed by atoms with van der Waals surface area (Å²) in [5.74, 6) is -0.785. The van der Waals surface area contributed by atoms with Crippen LogP contribution in [0.4, 0.5) is 14.7 Å². The topological polar surface area (TPSA) is 90.7 Å². The van der Waals surface area contributed by atoms with Crippen molar-refractivity contribution in [1.82, 2.24) is 20.2 Å². The number of aromatic nitrogens is 4. The van der Waals surface area contributed by atoms with Gasteiger partial charge in [0, 0.05) is 11.6 Å². The number of halogens is 4. The van der Waals surface area contributed by atoms with E-state index in [2.05, 4.69) is 20.2 Å². The monoisotopic (exact) mass is 397 g/mol. The van der Waals surface area contributed by atoms with E-state index in [0.29, 0.717) is 21.3 Å². The molecule has 4 rings (SSSR count). The largest absolute Gasteiger partial charge is 0.415 e. The first kappa shape index (κ1) is 17.1. The Hall–Kier alpha value is -2.32. The number of rotatable bonds is 4. The Morgan fingerprint density at radius 1 is 1.15 bits per heavy atom. The van der Waals surface area contributed by atoms with Crippen molar-refractivity contribution in [2.75, 3.05) is 5.73 Å². The van der Waals surface area contributed by atoms with Gasteiger partial charge >= 0.3 is 6.43 Å². The van der Waals surface area contributed by atoms with Crippen LogP contribution in [-0.4, -0.2) is 20.2 Å². The third kappa shape index (κ3) is 2.79. The van der Waals surface area contributed by atoms with Crippen molar-refractivity contribution < 1.29 is 13.2 Å². The first-order chi connectivity index (χ1) is 12.4. The molecule has 1 aromatic carbocycles. The quantitative estimate of drug-likeness (QED) is 0.699. The zero-order chi connectivity index (χ0) is 18.5. The van der Waals surface area contributed by atoms with Crippen molar-refractivity contribution in [2.45, 2.75) is 24.7 Å². The lowest BCUT2D eigenvalue weighted by atomic mass is 9.89. The van der Waals surface area contributed by atoms with Gasteiger partial charge in [0.1, 0.15) is 0 Å². The average molecular weight is 398 g/mol. The van der Waals surface area contributed by atoms with Gasteiger partial charge in [0.25, 0.3) is 11.8 Å². The molecule has 0 unspecified atom stereocenters. The summed E-state index contributed by atoms with van der Waals surface area (Å²) in [4.78, 5) is 8.28. The van der Waals surface area contributed by atoms with Crippen LogP contribution >= 0.6 is 23.2 Å². The van der Waals surface area contributed by atoms with Crippen molar-refractivity contribution in [3.05, 3.63) is 51.6 Å². The fraction of sp³-hybridized carbons (Fsp3) is 0.250. The molecule has 1 saturated carbocycles. The fourth-order valence-electron chi connectivity index (χ4n) is 2.93. The van der Waals surface area contributed by atoms with Gasteiger partial charge in [0.15, 0.2) is 0 Å². The maximum absolute atomic E-state index is 12.8. The van der Waals surface area contributed by atoms with E-state index in [0.717, 1.165) is 18.4 Å². The van der Waals surface area contributed by atoms with Gasteiger partial charge < -0.3 is 10.2 Å². The van der Waals surface area contributed by atoms with Crippen molar-refractivity contribution in [3.63, 3.8) is 0 Å².